The van der Waals surface area contributed by atoms with Crippen LogP contribution in [0, 0.1) is 0 Å². The van der Waals surface area contributed by atoms with Gasteiger partial charge in [-0.05, 0) is 73.2 Å². The summed E-state index contributed by atoms with van der Waals surface area (Å²) in [5.74, 6) is 0.360. The molecule has 0 heterocycles. The third kappa shape index (κ3) is 4.82. The first-order valence-electron chi connectivity index (χ1n) is 7.00. The van der Waals surface area contributed by atoms with Gasteiger partial charge in [-0.3, -0.25) is 4.79 Å². The summed E-state index contributed by atoms with van der Waals surface area (Å²) in [5, 5.41) is 2.83. The lowest BCUT2D eigenvalue weighted by Gasteiger charge is -2.05. The topological polar surface area (TPSA) is 29.1 Å². The maximum atomic E-state index is 11.9. The fourth-order valence-electron chi connectivity index (χ4n) is 1.92. The second kappa shape index (κ2) is 7.75. The van der Waals surface area contributed by atoms with Crippen LogP contribution in [0.4, 0.5) is 5.69 Å². The number of hydrogen-bond donors (Lipinski definition) is 1. The molecule has 2 rings (SSSR count). The molecule has 0 bridgehead atoms. The van der Waals surface area contributed by atoms with Crippen molar-refractivity contribution in [3.63, 3.8) is 0 Å². The Hall–Kier alpha value is -1.39. The molecule has 4 heteroatoms. The van der Waals surface area contributed by atoms with E-state index in [2.05, 4.69) is 63.2 Å². The number of halogens is 2. The van der Waals surface area contributed by atoms with Crippen molar-refractivity contribution < 1.29 is 4.79 Å². The Morgan fingerprint density at radius 2 is 1.73 bits per heavy atom. The molecule has 0 spiro atoms. The molecule has 0 saturated heterocycles. The lowest BCUT2D eigenvalue weighted by molar-refractivity contribution is -0.111. The molecule has 0 aliphatic rings. The van der Waals surface area contributed by atoms with Gasteiger partial charge in [0.15, 0.2) is 0 Å². The molecule has 2 aromatic carbocycles. The van der Waals surface area contributed by atoms with E-state index in [0.29, 0.717) is 5.92 Å². The van der Waals surface area contributed by atoms with Gasteiger partial charge in [0.1, 0.15) is 0 Å². The van der Waals surface area contributed by atoms with Crippen molar-refractivity contribution in [3.8, 4) is 0 Å². The maximum Gasteiger partial charge on any atom is 0.248 e. The van der Waals surface area contributed by atoms with Crippen molar-refractivity contribution in [1.82, 2.24) is 0 Å². The summed E-state index contributed by atoms with van der Waals surface area (Å²) in [7, 11) is 0. The first-order valence-corrected chi connectivity index (χ1v) is 8.58. The van der Waals surface area contributed by atoms with Gasteiger partial charge >= 0.3 is 0 Å². The second-order valence-electron chi connectivity index (χ2n) is 5.27. The van der Waals surface area contributed by atoms with Gasteiger partial charge < -0.3 is 5.32 Å². The van der Waals surface area contributed by atoms with Crippen LogP contribution in [-0.2, 0) is 4.79 Å². The van der Waals surface area contributed by atoms with E-state index in [9.17, 15) is 4.79 Å². The normalized spacial score (nSPS) is 11.1. The Bertz CT molecular complexity index is 691. The van der Waals surface area contributed by atoms with Crippen molar-refractivity contribution in [2.24, 2.45) is 0 Å². The van der Waals surface area contributed by atoms with Crippen LogP contribution in [0.25, 0.3) is 6.08 Å². The van der Waals surface area contributed by atoms with Crippen molar-refractivity contribution in [3.05, 3.63) is 68.6 Å². The smallest absolute Gasteiger partial charge is 0.248 e. The maximum absolute atomic E-state index is 11.9. The van der Waals surface area contributed by atoms with Crippen molar-refractivity contribution in [2.75, 3.05) is 5.32 Å². The Balaban J connectivity index is 2.00. The van der Waals surface area contributed by atoms with Crippen molar-refractivity contribution in [1.29, 1.82) is 0 Å². The average molecular weight is 423 g/mol. The van der Waals surface area contributed by atoms with E-state index in [1.165, 1.54) is 5.56 Å². The van der Waals surface area contributed by atoms with Gasteiger partial charge in [-0.25, -0.2) is 0 Å². The quantitative estimate of drug-likeness (QED) is 0.602. The van der Waals surface area contributed by atoms with E-state index in [-0.39, 0.29) is 5.91 Å². The molecule has 0 unspecified atom stereocenters. The average Bonchev–Trinajstić information content (AvgIpc) is 2.49. The zero-order chi connectivity index (χ0) is 16.1. The molecule has 22 heavy (non-hydrogen) atoms. The Morgan fingerprint density at radius 3 is 2.32 bits per heavy atom. The number of carbonyl (C=O) groups is 1. The van der Waals surface area contributed by atoms with Gasteiger partial charge in [-0.1, -0.05) is 38.1 Å². The monoisotopic (exact) mass is 421 g/mol. The lowest BCUT2D eigenvalue weighted by Crippen LogP contribution is -2.07. The van der Waals surface area contributed by atoms with E-state index < -0.39 is 0 Å². The number of benzene rings is 2. The van der Waals surface area contributed by atoms with Crippen LogP contribution >= 0.6 is 31.9 Å². The first kappa shape index (κ1) is 17.0. The zero-order valence-electron chi connectivity index (χ0n) is 12.4. The molecule has 0 saturated carbocycles. The molecule has 2 aromatic rings. The van der Waals surface area contributed by atoms with E-state index in [4.69, 9.17) is 0 Å². The molecule has 1 N–H and O–H groups in total. The van der Waals surface area contributed by atoms with Crippen LogP contribution in [0.5, 0.6) is 0 Å². The summed E-state index contributed by atoms with van der Waals surface area (Å²) < 4.78 is 1.85. The molecule has 0 aliphatic heterocycles. The Morgan fingerprint density at radius 1 is 1.05 bits per heavy atom. The second-order valence-corrected chi connectivity index (χ2v) is 6.98. The highest BCUT2D eigenvalue weighted by atomic mass is 79.9. The molecule has 114 valence electrons. The van der Waals surface area contributed by atoms with Crippen LogP contribution in [0.3, 0.4) is 0 Å². The van der Waals surface area contributed by atoms with Crippen LogP contribution in [0.1, 0.15) is 30.9 Å². The highest BCUT2D eigenvalue weighted by Crippen LogP contribution is 2.26. The number of nitrogens with one attached hydrogen (secondary N) is 1. The van der Waals surface area contributed by atoms with Crippen molar-refractivity contribution >= 4 is 49.5 Å². The highest BCUT2D eigenvalue weighted by molar-refractivity contribution is 9.13. The van der Waals surface area contributed by atoms with Gasteiger partial charge in [-0.2, -0.15) is 0 Å². The van der Waals surface area contributed by atoms with Crippen LogP contribution in [0.2, 0.25) is 0 Å². The van der Waals surface area contributed by atoms with Gasteiger partial charge in [0.25, 0.3) is 0 Å². The summed E-state index contributed by atoms with van der Waals surface area (Å²) in [6, 6.07) is 13.8. The fraction of sp³-hybridized carbons (Fsp3) is 0.167. The summed E-state index contributed by atoms with van der Waals surface area (Å²) in [4.78, 5) is 11.9. The lowest BCUT2D eigenvalue weighted by atomic mass is 10.0. The van der Waals surface area contributed by atoms with E-state index in [0.717, 1.165) is 20.2 Å². The number of hydrogen-bond acceptors (Lipinski definition) is 1. The van der Waals surface area contributed by atoms with Crippen molar-refractivity contribution in [2.45, 2.75) is 19.8 Å². The summed E-state index contributed by atoms with van der Waals surface area (Å²) in [5.41, 5.74) is 3.05. The standard InChI is InChI=1S/C18H17Br2NO/c1-12(2)14-6-3-13(4-7-14)5-10-18(22)21-15-8-9-16(19)17(20)11-15/h3-12H,1-2H3,(H,21,22)/b10-5+. The van der Waals surface area contributed by atoms with E-state index >= 15 is 0 Å². The number of anilines is 1. The highest BCUT2D eigenvalue weighted by Gasteiger charge is 2.02. The molecule has 2 nitrogen and oxygen atoms in total. The molecule has 0 aromatic heterocycles. The summed E-state index contributed by atoms with van der Waals surface area (Å²) in [6.45, 7) is 4.32. The molecule has 0 aliphatic carbocycles. The van der Waals surface area contributed by atoms with Crippen LogP contribution < -0.4 is 5.32 Å². The molecule has 0 fully saturated rings. The van der Waals surface area contributed by atoms with Gasteiger partial charge in [0.05, 0.1) is 0 Å². The fourth-order valence-corrected chi connectivity index (χ4v) is 2.55. The first-order chi connectivity index (χ1) is 10.5. The van der Waals surface area contributed by atoms with Gasteiger partial charge in [-0.15, -0.1) is 0 Å². The van der Waals surface area contributed by atoms with Crippen LogP contribution in [-0.4, -0.2) is 5.91 Å². The Kier molecular flexibility index (Phi) is 5.98. The minimum absolute atomic E-state index is 0.151. The van der Waals surface area contributed by atoms with Gasteiger partial charge in [0.2, 0.25) is 5.91 Å². The minimum atomic E-state index is -0.151. The molecule has 0 radical (unpaired) electrons. The summed E-state index contributed by atoms with van der Waals surface area (Å²) >= 11 is 6.81. The number of carbonyl (C=O) groups excluding carboxylic acids is 1. The third-order valence-corrected chi connectivity index (χ3v) is 5.10. The molecule has 0 atom stereocenters. The van der Waals surface area contributed by atoms with Gasteiger partial charge in [0, 0.05) is 20.7 Å². The van der Waals surface area contributed by atoms with Crippen LogP contribution in [0.15, 0.2) is 57.5 Å². The Labute approximate surface area is 147 Å². The zero-order valence-corrected chi connectivity index (χ0v) is 15.6. The number of amides is 1. The third-order valence-electron chi connectivity index (χ3n) is 3.22. The summed E-state index contributed by atoms with van der Waals surface area (Å²) in [6.07, 6.45) is 3.35. The molecule has 1 amide bonds. The predicted molar refractivity (Wildman–Crippen MR) is 100 cm³/mol. The van der Waals surface area contributed by atoms with E-state index in [1.54, 1.807) is 6.08 Å². The number of rotatable bonds is 4. The molecular weight excluding hydrogens is 406 g/mol. The molecular formula is C18H17Br2NO. The van der Waals surface area contributed by atoms with E-state index in [1.807, 2.05) is 36.4 Å². The minimum Gasteiger partial charge on any atom is -0.322 e. The SMILES string of the molecule is CC(C)c1ccc(/C=C/C(=O)Nc2ccc(Br)c(Br)c2)cc1. The largest absolute Gasteiger partial charge is 0.322 e. The predicted octanol–water partition coefficient (Wildman–Crippen LogP) is 5.99.